The number of amides is 1. The summed E-state index contributed by atoms with van der Waals surface area (Å²) in [6, 6.07) is 11.5. The Balaban J connectivity index is 1.43. The lowest BCUT2D eigenvalue weighted by Gasteiger charge is -2.34. The summed E-state index contributed by atoms with van der Waals surface area (Å²) in [5.74, 6) is -0.149. The number of anilines is 1. The third-order valence-corrected chi connectivity index (χ3v) is 6.41. The van der Waals surface area contributed by atoms with Gasteiger partial charge in [0.15, 0.2) is 0 Å². The largest absolute Gasteiger partial charge is 0.354 e. The summed E-state index contributed by atoms with van der Waals surface area (Å²) in [6.45, 7) is 1.91. The quantitative estimate of drug-likeness (QED) is 0.689. The zero-order chi connectivity index (χ0) is 20.7. The van der Waals surface area contributed by atoms with Gasteiger partial charge in [-0.2, -0.15) is 4.31 Å². The van der Waals surface area contributed by atoms with Crippen LogP contribution in [-0.2, 0) is 14.8 Å². The van der Waals surface area contributed by atoms with Gasteiger partial charge in [0, 0.05) is 45.0 Å². The number of nitrogens with zero attached hydrogens (tertiary/aromatic N) is 3. The molecule has 154 valence electrons. The van der Waals surface area contributed by atoms with Gasteiger partial charge < -0.3 is 10.2 Å². The van der Waals surface area contributed by atoms with Crippen molar-refractivity contribution in [1.29, 1.82) is 0 Å². The van der Waals surface area contributed by atoms with E-state index in [0.29, 0.717) is 31.7 Å². The van der Waals surface area contributed by atoms with Crippen molar-refractivity contribution >= 4 is 27.8 Å². The second-order valence-electron chi connectivity index (χ2n) is 6.57. The molecular weight excluding hydrogens is 395 g/mol. The molecule has 1 N–H and O–H groups in total. The van der Waals surface area contributed by atoms with Gasteiger partial charge in [-0.05, 0) is 35.9 Å². The van der Waals surface area contributed by atoms with E-state index < -0.39 is 15.9 Å². The molecule has 7 nitrogen and oxygen atoms in total. The van der Waals surface area contributed by atoms with Gasteiger partial charge in [-0.15, -0.1) is 0 Å². The molecule has 1 aromatic carbocycles. The summed E-state index contributed by atoms with van der Waals surface area (Å²) in [7, 11) is -3.46. The van der Waals surface area contributed by atoms with Crippen LogP contribution in [0.1, 0.15) is 5.56 Å². The zero-order valence-electron chi connectivity index (χ0n) is 15.9. The number of hydrogen-bond donors (Lipinski definition) is 1. The summed E-state index contributed by atoms with van der Waals surface area (Å²) >= 11 is 0. The maximum Gasteiger partial charge on any atom is 0.244 e. The first-order valence-electron chi connectivity index (χ1n) is 9.29. The van der Waals surface area contributed by atoms with Crippen LogP contribution in [0.5, 0.6) is 0 Å². The van der Waals surface area contributed by atoms with Crippen molar-refractivity contribution in [1.82, 2.24) is 14.6 Å². The number of halogens is 1. The van der Waals surface area contributed by atoms with Gasteiger partial charge in [-0.25, -0.2) is 17.8 Å². The number of pyridine rings is 1. The molecule has 0 bridgehead atoms. The highest BCUT2D eigenvalue weighted by Crippen LogP contribution is 2.14. The minimum atomic E-state index is -3.46. The van der Waals surface area contributed by atoms with Crippen molar-refractivity contribution in [3.05, 3.63) is 66.1 Å². The molecule has 0 radical (unpaired) electrons. The van der Waals surface area contributed by atoms with Crippen LogP contribution in [0.2, 0.25) is 0 Å². The van der Waals surface area contributed by atoms with Crippen LogP contribution in [0, 0.1) is 5.82 Å². The minimum Gasteiger partial charge on any atom is -0.354 e. The maximum absolute atomic E-state index is 13.1. The van der Waals surface area contributed by atoms with Crippen molar-refractivity contribution in [3.63, 3.8) is 0 Å². The van der Waals surface area contributed by atoms with Crippen LogP contribution in [0.3, 0.4) is 0 Å². The normalized spacial score (nSPS) is 15.6. The van der Waals surface area contributed by atoms with Gasteiger partial charge >= 0.3 is 0 Å². The van der Waals surface area contributed by atoms with Crippen LogP contribution < -0.4 is 10.2 Å². The lowest BCUT2D eigenvalue weighted by atomic mass is 10.2. The Labute approximate surface area is 169 Å². The first-order valence-corrected chi connectivity index (χ1v) is 10.9. The Morgan fingerprint density at radius 2 is 1.93 bits per heavy atom. The number of piperazine rings is 1. The van der Waals surface area contributed by atoms with E-state index in [4.69, 9.17) is 0 Å². The molecule has 0 saturated carbocycles. The molecule has 0 atom stereocenters. The molecule has 1 aliphatic rings. The smallest absolute Gasteiger partial charge is 0.244 e. The van der Waals surface area contributed by atoms with Crippen LogP contribution >= 0.6 is 0 Å². The first kappa shape index (κ1) is 20.9. The van der Waals surface area contributed by atoms with Crippen molar-refractivity contribution in [2.24, 2.45) is 0 Å². The Kier molecular flexibility index (Phi) is 6.95. The van der Waals surface area contributed by atoms with E-state index in [-0.39, 0.29) is 18.1 Å². The van der Waals surface area contributed by atoms with Crippen LogP contribution in [0.15, 0.2) is 54.7 Å². The highest BCUT2D eigenvalue weighted by Gasteiger charge is 2.27. The van der Waals surface area contributed by atoms with E-state index in [2.05, 4.69) is 10.3 Å². The molecule has 1 amide bonds. The van der Waals surface area contributed by atoms with E-state index in [0.717, 1.165) is 5.82 Å². The summed E-state index contributed by atoms with van der Waals surface area (Å²) in [5.41, 5.74) is 0.554. The highest BCUT2D eigenvalue weighted by atomic mass is 32.2. The number of aromatic nitrogens is 1. The summed E-state index contributed by atoms with van der Waals surface area (Å²) in [4.78, 5) is 18.2. The predicted octanol–water partition coefficient (Wildman–Crippen LogP) is 1.50. The predicted molar refractivity (Wildman–Crippen MR) is 110 cm³/mol. The number of sulfonamides is 1. The van der Waals surface area contributed by atoms with Gasteiger partial charge in [0.1, 0.15) is 11.6 Å². The fourth-order valence-electron chi connectivity index (χ4n) is 3.01. The van der Waals surface area contributed by atoms with E-state index in [1.54, 1.807) is 18.3 Å². The molecule has 9 heteroatoms. The molecule has 2 aromatic rings. The van der Waals surface area contributed by atoms with Crippen LogP contribution in [-0.4, -0.2) is 62.1 Å². The SMILES string of the molecule is O=C(/C=C/c1cccc(F)c1)NCCS(=O)(=O)N1CCN(c2ccccn2)CC1. The fourth-order valence-corrected chi connectivity index (χ4v) is 4.35. The number of nitrogens with one attached hydrogen (secondary N) is 1. The topological polar surface area (TPSA) is 82.6 Å². The molecule has 1 fully saturated rings. The molecule has 0 aliphatic carbocycles. The molecule has 29 heavy (non-hydrogen) atoms. The summed E-state index contributed by atoms with van der Waals surface area (Å²) in [5, 5.41) is 2.55. The molecule has 1 aromatic heterocycles. The molecule has 1 saturated heterocycles. The van der Waals surface area contributed by atoms with Crippen LogP contribution in [0.4, 0.5) is 10.2 Å². The first-order chi connectivity index (χ1) is 13.9. The third-order valence-electron chi connectivity index (χ3n) is 4.54. The second-order valence-corrected chi connectivity index (χ2v) is 8.66. The monoisotopic (exact) mass is 418 g/mol. The Hall–Kier alpha value is -2.78. The number of carbonyl (C=O) groups is 1. The van der Waals surface area contributed by atoms with E-state index in [1.165, 1.54) is 28.6 Å². The van der Waals surface area contributed by atoms with Crippen molar-refractivity contribution < 1.29 is 17.6 Å². The zero-order valence-corrected chi connectivity index (χ0v) is 16.7. The van der Waals surface area contributed by atoms with E-state index in [1.807, 2.05) is 23.1 Å². The number of benzene rings is 1. The van der Waals surface area contributed by atoms with Gasteiger partial charge in [0.2, 0.25) is 15.9 Å². The average molecular weight is 418 g/mol. The van der Waals surface area contributed by atoms with E-state index >= 15 is 0 Å². The summed E-state index contributed by atoms with van der Waals surface area (Å²) < 4.78 is 39.6. The lowest BCUT2D eigenvalue weighted by Crippen LogP contribution is -2.50. The van der Waals surface area contributed by atoms with Crippen molar-refractivity contribution in [3.8, 4) is 0 Å². The van der Waals surface area contributed by atoms with Gasteiger partial charge in [0.05, 0.1) is 5.75 Å². The molecule has 3 rings (SSSR count). The minimum absolute atomic E-state index is 0.00904. The molecule has 2 heterocycles. The number of hydrogen-bond acceptors (Lipinski definition) is 5. The van der Waals surface area contributed by atoms with E-state index in [9.17, 15) is 17.6 Å². The number of carbonyl (C=O) groups excluding carboxylic acids is 1. The number of rotatable bonds is 7. The standard InChI is InChI=1S/C20H23FN4O3S/c21-18-5-3-4-17(16-18)7-8-20(26)23-10-15-29(27,28)25-13-11-24(12-14-25)19-6-1-2-9-22-19/h1-9,16H,10-15H2,(H,23,26)/b8-7+. The Morgan fingerprint density at radius 3 is 2.62 bits per heavy atom. The van der Waals surface area contributed by atoms with Gasteiger partial charge in [-0.1, -0.05) is 18.2 Å². The molecular formula is C20H23FN4O3S. The Bertz CT molecular complexity index is 959. The molecule has 1 aliphatic heterocycles. The molecule has 0 unspecified atom stereocenters. The maximum atomic E-state index is 13.1. The summed E-state index contributed by atoms with van der Waals surface area (Å²) in [6.07, 6.45) is 4.45. The second kappa shape index (κ2) is 9.62. The fraction of sp³-hybridized carbons (Fsp3) is 0.300. The third kappa shape index (κ3) is 6.10. The highest BCUT2D eigenvalue weighted by molar-refractivity contribution is 7.89. The van der Waals surface area contributed by atoms with Gasteiger partial charge in [0.25, 0.3) is 0 Å². The van der Waals surface area contributed by atoms with Gasteiger partial charge in [-0.3, -0.25) is 4.79 Å². The van der Waals surface area contributed by atoms with Crippen molar-refractivity contribution in [2.75, 3.05) is 43.4 Å². The Morgan fingerprint density at radius 1 is 1.14 bits per heavy atom. The van der Waals surface area contributed by atoms with Crippen molar-refractivity contribution in [2.45, 2.75) is 0 Å². The van der Waals surface area contributed by atoms with Crippen LogP contribution in [0.25, 0.3) is 6.08 Å². The lowest BCUT2D eigenvalue weighted by molar-refractivity contribution is -0.116. The average Bonchev–Trinajstić information content (AvgIpc) is 2.73. The molecule has 0 spiro atoms.